The first kappa shape index (κ1) is 10.2. The molecule has 0 aromatic rings. The van der Waals surface area contributed by atoms with Crippen molar-refractivity contribution in [3.63, 3.8) is 0 Å². The van der Waals surface area contributed by atoms with E-state index in [9.17, 15) is 4.79 Å². The maximum atomic E-state index is 10.2. The lowest BCUT2D eigenvalue weighted by molar-refractivity contribution is -0.104. The van der Waals surface area contributed by atoms with Gasteiger partial charge in [0.1, 0.15) is 6.29 Å². The number of hydrogen-bond acceptors (Lipinski definition) is 1. The zero-order valence-electron chi connectivity index (χ0n) is 7.55. The maximum absolute atomic E-state index is 10.2. The van der Waals surface area contributed by atoms with Crippen LogP contribution in [-0.2, 0) is 4.79 Å². The summed E-state index contributed by atoms with van der Waals surface area (Å²) >= 11 is 0. The summed E-state index contributed by atoms with van der Waals surface area (Å²) in [5.41, 5.74) is 1.96. The number of aldehydes is 1. The lowest BCUT2D eigenvalue weighted by atomic mass is 10.0. The zero-order chi connectivity index (χ0) is 8.85. The molecule has 0 fully saturated rings. The van der Waals surface area contributed by atoms with Crippen LogP contribution >= 0.6 is 0 Å². The van der Waals surface area contributed by atoms with Gasteiger partial charge in [0, 0.05) is 0 Å². The van der Waals surface area contributed by atoms with Gasteiger partial charge in [0.15, 0.2) is 0 Å². The van der Waals surface area contributed by atoms with Gasteiger partial charge in [-0.25, -0.2) is 0 Å². The van der Waals surface area contributed by atoms with Gasteiger partial charge < -0.3 is 0 Å². The Kier molecular flexibility index (Phi) is 4.51. The van der Waals surface area contributed by atoms with Crippen LogP contribution in [0.5, 0.6) is 0 Å². The van der Waals surface area contributed by atoms with Crippen molar-refractivity contribution in [2.24, 2.45) is 5.92 Å². The molecule has 0 bridgehead atoms. The van der Waals surface area contributed by atoms with Gasteiger partial charge >= 0.3 is 0 Å². The van der Waals surface area contributed by atoms with E-state index in [2.05, 4.69) is 20.4 Å². The largest absolute Gasteiger partial charge is 0.298 e. The number of rotatable bonds is 4. The van der Waals surface area contributed by atoms with E-state index < -0.39 is 0 Å². The first-order valence-electron chi connectivity index (χ1n) is 3.87. The maximum Gasteiger partial charge on any atom is 0.145 e. The Bertz CT molecular complexity index is 175. The van der Waals surface area contributed by atoms with Gasteiger partial charge in [0.05, 0.1) is 0 Å². The summed E-state index contributed by atoms with van der Waals surface area (Å²) in [6.07, 6.45) is 3.60. The van der Waals surface area contributed by atoms with E-state index in [-0.39, 0.29) is 0 Å². The van der Waals surface area contributed by atoms with Gasteiger partial charge in [0.2, 0.25) is 0 Å². The molecule has 0 saturated heterocycles. The molecule has 1 nitrogen and oxygen atoms in total. The van der Waals surface area contributed by atoms with Crippen molar-refractivity contribution in [2.75, 3.05) is 0 Å². The quantitative estimate of drug-likeness (QED) is 0.344. The monoisotopic (exact) mass is 152 g/mol. The molecule has 0 spiro atoms. The molecule has 0 amide bonds. The van der Waals surface area contributed by atoms with Gasteiger partial charge in [-0.3, -0.25) is 4.79 Å². The predicted octanol–water partition coefficient (Wildman–Crippen LogP) is 2.73. The smallest absolute Gasteiger partial charge is 0.145 e. The highest BCUT2D eigenvalue weighted by atomic mass is 16.1. The minimum absolute atomic E-state index is 0.505. The first-order valence-corrected chi connectivity index (χ1v) is 3.87. The predicted molar refractivity (Wildman–Crippen MR) is 48.4 cm³/mol. The van der Waals surface area contributed by atoms with Crippen LogP contribution < -0.4 is 0 Å². The molecule has 0 saturated carbocycles. The third kappa shape index (κ3) is 4.54. The van der Waals surface area contributed by atoms with Crippen LogP contribution in [0, 0.1) is 5.92 Å². The summed E-state index contributed by atoms with van der Waals surface area (Å²) in [5.74, 6) is 0.505. The van der Waals surface area contributed by atoms with Crippen molar-refractivity contribution in [1.82, 2.24) is 0 Å². The lowest BCUT2D eigenvalue weighted by Gasteiger charge is -2.05. The summed E-state index contributed by atoms with van der Waals surface area (Å²) < 4.78 is 0. The van der Waals surface area contributed by atoms with E-state index in [1.807, 2.05) is 6.08 Å². The topological polar surface area (TPSA) is 17.1 Å². The Balaban J connectivity index is 3.88. The van der Waals surface area contributed by atoms with E-state index in [0.717, 1.165) is 18.3 Å². The molecule has 0 aliphatic rings. The molecule has 62 valence electrons. The van der Waals surface area contributed by atoms with Crippen molar-refractivity contribution >= 4 is 6.29 Å². The van der Waals surface area contributed by atoms with Crippen molar-refractivity contribution in [1.29, 1.82) is 0 Å². The van der Waals surface area contributed by atoms with Crippen LogP contribution in [0.4, 0.5) is 0 Å². The fourth-order valence-electron chi connectivity index (χ4n) is 0.576. The molecule has 0 heterocycles. The Hall–Kier alpha value is -0.850. The molecular formula is C10H16O. The highest BCUT2D eigenvalue weighted by Crippen LogP contribution is 2.12. The van der Waals surface area contributed by atoms with Crippen molar-refractivity contribution in [3.8, 4) is 0 Å². The van der Waals surface area contributed by atoms with Crippen molar-refractivity contribution < 1.29 is 4.79 Å². The second kappa shape index (κ2) is 4.89. The molecule has 0 aromatic carbocycles. The summed E-state index contributed by atoms with van der Waals surface area (Å²) in [5, 5.41) is 0. The normalized spacial score (nSPS) is 11.8. The minimum atomic E-state index is 0.505. The van der Waals surface area contributed by atoms with E-state index >= 15 is 0 Å². The molecular weight excluding hydrogens is 136 g/mol. The Morgan fingerprint density at radius 1 is 1.55 bits per heavy atom. The molecule has 1 heteroatoms. The summed E-state index contributed by atoms with van der Waals surface area (Å²) in [6.45, 7) is 9.91. The number of hydrogen-bond donors (Lipinski definition) is 0. The number of allylic oxidation sites excluding steroid dienone is 3. The van der Waals surface area contributed by atoms with E-state index in [1.54, 1.807) is 6.92 Å². The first-order chi connectivity index (χ1) is 5.07. The Morgan fingerprint density at radius 2 is 2.09 bits per heavy atom. The van der Waals surface area contributed by atoms with Gasteiger partial charge in [-0.15, -0.1) is 0 Å². The van der Waals surface area contributed by atoms with Gasteiger partial charge in [-0.2, -0.15) is 0 Å². The van der Waals surface area contributed by atoms with Crippen LogP contribution in [0.3, 0.4) is 0 Å². The number of carbonyl (C=O) groups excluding carboxylic acids is 1. The molecule has 0 radical (unpaired) electrons. The van der Waals surface area contributed by atoms with Crippen molar-refractivity contribution in [3.05, 3.63) is 23.8 Å². The molecule has 0 unspecified atom stereocenters. The average molecular weight is 152 g/mol. The van der Waals surface area contributed by atoms with Crippen LogP contribution in [0.1, 0.15) is 27.2 Å². The fraction of sp³-hybridized carbons (Fsp3) is 0.500. The summed E-state index contributed by atoms with van der Waals surface area (Å²) in [6, 6.07) is 0. The Morgan fingerprint density at radius 3 is 2.45 bits per heavy atom. The highest BCUT2D eigenvalue weighted by molar-refractivity contribution is 5.72. The van der Waals surface area contributed by atoms with Gasteiger partial charge in [-0.05, 0) is 24.8 Å². The molecule has 0 aromatic heterocycles. The minimum Gasteiger partial charge on any atom is -0.298 e. The second-order valence-electron chi connectivity index (χ2n) is 3.08. The van der Waals surface area contributed by atoms with Crippen LogP contribution in [-0.4, -0.2) is 6.29 Å². The highest BCUT2D eigenvalue weighted by Gasteiger charge is 1.96. The van der Waals surface area contributed by atoms with Gasteiger partial charge in [-0.1, -0.05) is 32.1 Å². The van der Waals surface area contributed by atoms with E-state index in [4.69, 9.17) is 0 Å². The molecule has 0 aliphatic carbocycles. The lowest BCUT2D eigenvalue weighted by Crippen LogP contribution is -1.90. The average Bonchev–Trinajstić information content (AvgIpc) is 1.99. The molecule has 0 aliphatic heterocycles. The van der Waals surface area contributed by atoms with E-state index in [0.29, 0.717) is 5.92 Å². The third-order valence-corrected chi connectivity index (χ3v) is 1.69. The molecule has 0 atom stereocenters. The number of carbonyl (C=O) groups is 1. The summed E-state index contributed by atoms with van der Waals surface area (Å²) in [4.78, 5) is 10.2. The van der Waals surface area contributed by atoms with Gasteiger partial charge in [0.25, 0.3) is 0 Å². The van der Waals surface area contributed by atoms with E-state index in [1.165, 1.54) is 5.57 Å². The molecule has 0 rings (SSSR count). The van der Waals surface area contributed by atoms with Crippen LogP contribution in [0.15, 0.2) is 23.8 Å². The molecule has 11 heavy (non-hydrogen) atoms. The standard InChI is InChI=1S/C10H16O/c1-8(2)10(4)6-5-9(3)7-11/h5,7-8H,4,6H2,1-3H3/b9-5+. The van der Waals surface area contributed by atoms with Crippen LogP contribution in [0.25, 0.3) is 0 Å². The second-order valence-corrected chi connectivity index (χ2v) is 3.08. The Labute approximate surface area is 68.8 Å². The van der Waals surface area contributed by atoms with Crippen LogP contribution in [0.2, 0.25) is 0 Å². The third-order valence-electron chi connectivity index (χ3n) is 1.69. The zero-order valence-corrected chi connectivity index (χ0v) is 7.55. The van der Waals surface area contributed by atoms with Crippen molar-refractivity contribution in [2.45, 2.75) is 27.2 Å². The SMILES string of the molecule is C=C(C/C=C(\C)C=O)C(C)C. The molecule has 0 N–H and O–H groups in total. The fourth-order valence-corrected chi connectivity index (χ4v) is 0.576. The summed E-state index contributed by atoms with van der Waals surface area (Å²) in [7, 11) is 0.